The van der Waals surface area contributed by atoms with E-state index >= 15 is 0 Å². The lowest BCUT2D eigenvalue weighted by Gasteiger charge is -2.08. The standard InChI is InChI=1S/C14H28O8/c1-3-17-6-7-19-8-9-20-11-13-22-14(15)21-12-10-18-5-4-16-2/h3-13H2,1-2H3. The van der Waals surface area contributed by atoms with E-state index < -0.39 is 6.16 Å². The van der Waals surface area contributed by atoms with Gasteiger partial charge in [0.05, 0.1) is 52.9 Å². The first-order valence-corrected chi connectivity index (χ1v) is 7.40. The van der Waals surface area contributed by atoms with Crippen LogP contribution in [0.25, 0.3) is 0 Å². The van der Waals surface area contributed by atoms with Crippen molar-refractivity contribution in [3.63, 3.8) is 0 Å². The van der Waals surface area contributed by atoms with Crippen LogP contribution in [0.1, 0.15) is 6.92 Å². The second kappa shape index (κ2) is 18.1. The minimum Gasteiger partial charge on any atom is -0.432 e. The van der Waals surface area contributed by atoms with Crippen molar-refractivity contribution in [3.8, 4) is 0 Å². The topological polar surface area (TPSA) is 81.7 Å². The second-order valence-corrected chi connectivity index (χ2v) is 3.97. The molecule has 8 heteroatoms. The molecule has 0 aliphatic rings. The molecule has 0 rings (SSSR count). The van der Waals surface area contributed by atoms with Gasteiger partial charge in [-0.2, -0.15) is 0 Å². The summed E-state index contributed by atoms with van der Waals surface area (Å²) in [5.41, 5.74) is 0. The van der Waals surface area contributed by atoms with Crippen LogP contribution in [0.3, 0.4) is 0 Å². The monoisotopic (exact) mass is 324 g/mol. The van der Waals surface area contributed by atoms with Crippen LogP contribution in [0.15, 0.2) is 0 Å². The van der Waals surface area contributed by atoms with Gasteiger partial charge < -0.3 is 33.2 Å². The summed E-state index contributed by atoms with van der Waals surface area (Å²) in [6.45, 7) is 6.56. The molecule has 0 bridgehead atoms. The van der Waals surface area contributed by atoms with Crippen LogP contribution >= 0.6 is 0 Å². The lowest BCUT2D eigenvalue weighted by molar-refractivity contribution is -0.00932. The predicted octanol–water partition coefficient (Wildman–Crippen LogP) is 0.872. The van der Waals surface area contributed by atoms with Crippen LogP contribution in [0.5, 0.6) is 0 Å². The SMILES string of the molecule is CCOCCOCCOCCOC(=O)OCCOCCOC. The normalized spacial score (nSPS) is 10.6. The number of hydrogen-bond donors (Lipinski definition) is 0. The van der Waals surface area contributed by atoms with Gasteiger partial charge in [0.2, 0.25) is 0 Å². The predicted molar refractivity (Wildman–Crippen MR) is 78.1 cm³/mol. The third-order valence-electron chi connectivity index (χ3n) is 2.28. The fourth-order valence-corrected chi connectivity index (χ4v) is 1.24. The first-order valence-electron chi connectivity index (χ1n) is 7.40. The third kappa shape index (κ3) is 17.1. The van der Waals surface area contributed by atoms with Crippen LogP contribution in [-0.4, -0.2) is 85.9 Å². The van der Waals surface area contributed by atoms with E-state index in [-0.39, 0.29) is 13.2 Å². The quantitative estimate of drug-likeness (QED) is 0.306. The van der Waals surface area contributed by atoms with Crippen molar-refractivity contribution in [2.24, 2.45) is 0 Å². The van der Waals surface area contributed by atoms with Crippen LogP contribution < -0.4 is 0 Å². The molecule has 0 aromatic carbocycles. The van der Waals surface area contributed by atoms with Gasteiger partial charge in [-0.1, -0.05) is 0 Å². The maximum atomic E-state index is 11.1. The van der Waals surface area contributed by atoms with Gasteiger partial charge in [-0.05, 0) is 6.92 Å². The van der Waals surface area contributed by atoms with E-state index in [9.17, 15) is 4.79 Å². The molecule has 0 atom stereocenters. The molecule has 0 spiro atoms. The zero-order valence-corrected chi connectivity index (χ0v) is 13.5. The number of ether oxygens (including phenoxy) is 7. The molecule has 0 N–H and O–H groups in total. The zero-order valence-electron chi connectivity index (χ0n) is 13.5. The lowest BCUT2D eigenvalue weighted by Crippen LogP contribution is -2.16. The van der Waals surface area contributed by atoms with E-state index in [1.165, 1.54) is 0 Å². The molecule has 0 aromatic heterocycles. The molecule has 8 nitrogen and oxygen atoms in total. The minimum atomic E-state index is -0.730. The van der Waals surface area contributed by atoms with Crippen molar-refractivity contribution in [2.45, 2.75) is 6.92 Å². The maximum Gasteiger partial charge on any atom is 0.508 e. The van der Waals surface area contributed by atoms with E-state index in [1.807, 2.05) is 6.92 Å². The first-order chi connectivity index (χ1) is 10.8. The van der Waals surface area contributed by atoms with Crippen molar-refractivity contribution in [2.75, 3.05) is 79.8 Å². The molecular weight excluding hydrogens is 296 g/mol. The molecule has 0 radical (unpaired) electrons. The van der Waals surface area contributed by atoms with Crippen molar-refractivity contribution in [3.05, 3.63) is 0 Å². The van der Waals surface area contributed by atoms with Gasteiger partial charge in [-0.3, -0.25) is 0 Å². The molecule has 0 saturated carbocycles. The highest BCUT2D eigenvalue weighted by Crippen LogP contribution is 1.88. The van der Waals surface area contributed by atoms with Gasteiger partial charge in [-0.25, -0.2) is 4.79 Å². The fourth-order valence-electron chi connectivity index (χ4n) is 1.24. The summed E-state index contributed by atoms with van der Waals surface area (Å²) in [6, 6.07) is 0. The van der Waals surface area contributed by atoms with E-state index in [1.54, 1.807) is 7.11 Å². The smallest absolute Gasteiger partial charge is 0.432 e. The summed E-state index contributed by atoms with van der Waals surface area (Å²) in [6.07, 6.45) is -0.730. The van der Waals surface area contributed by atoms with E-state index in [4.69, 9.17) is 33.2 Å². The Bertz CT molecular complexity index is 237. The summed E-state index contributed by atoms with van der Waals surface area (Å²) in [5, 5.41) is 0. The van der Waals surface area contributed by atoms with Gasteiger partial charge in [0, 0.05) is 13.7 Å². The van der Waals surface area contributed by atoms with Crippen LogP contribution in [-0.2, 0) is 33.2 Å². The largest absolute Gasteiger partial charge is 0.508 e. The van der Waals surface area contributed by atoms with Gasteiger partial charge in [-0.15, -0.1) is 0 Å². The molecule has 0 unspecified atom stereocenters. The average molecular weight is 324 g/mol. The average Bonchev–Trinajstić information content (AvgIpc) is 2.52. The lowest BCUT2D eigenvalue weighted by atomic mass is 10.7. The summed E-state index contributed by atoms with van der Waals surface area (Å²) < 4.78 is 35.1. The Kier molecular flexibility index (Phi) is 17.4. The van der Waals surface area contributed by atoms with Crippen LogP contribution in [0.2, 0.25) is 0 Å². The van der Waals surface area contributed by atoms with Crippen molar-refractivity contribution in [1.82, 2.24) is 0 Å². The minimum absolute atomic E-state index is 0.141. The van der Waals surface area contributed by atoms with Crippen molar-refractivity contribution < 1.29 is 38.0 Å². The Morgan fingerprint density at radius 1 is 0.636 bits per heavy atom. The Hall–Kier alpha value is -0.930. The molecule has 0 heterocycles. The Labute approximate surface area is 131 Å². The fraction of sp³-hybridized carbons (Fsp3) is 0.929. The number of methoxy groups -OCH3 is 1. The summed E-state index contributed by atoms with van der Waals surface area (Å²) in [5.74, 6) is 0. The number of carbonyl (C=O) groups is 1. The molecular formula is C14H28O8. The third-order valence-corrected chi connectivity index (χ3v) is 2.28. The van der Waals surface area contributed by atoms with E-state index in [0.29, 0.717) is 59.5 Å². The number of rotatable bonds is 16. The molecule has 0 aliphatic carbocycles. The van der Waals surface area contributed by atoms with Crippen LogP contribution in [0, 0.1) is 0 Å². The highest BCUT2D eigenvalue weighted by molar-refractivity contribution is 5.59. The van der Waals surface area contributed by atoms with Gasteiger partial charge >= 0.3 is 6.16 Å². The highest BCUT2D eigenvalue weighted by atomic mass is 16.7. The van der Waals surface area contributed by atoms with Gasteiger partial charge in [0.1, 0.15) is 13.2 Å². The van der Waals surface area contributed by atoms with Gasteiger partial charge in [0.25, 0.3) is 0 Å². The molecule has 0 aromatic rings. The summed E-state index contributed by atoms with van der Waals surface area (Å²) in [4.78, 5) is 11.1. The Morgan fingerprint density at radius 2 is 1.05 bits per heavy atom. The molecule has 0 aliphatic heterocycles. The summed E-state index contributed by atoms with van der Waals surface area (Å²) >= 11 is 0. The zero-order chi connectivity index (χ0) is 16.3. The maximum absolute atomic E-state index is 11.1. The van der Waals surface area contributed by atoms with Crippen molar-refractivity contribution in [1.29, 1.82) is 0 Å². The van der Waals surface area contributed by atoms with Crippen LogP contribution in [0.4, 0.5) is 4.79 Å². The Balaban J connectivity index is 3.12. The molecule has 0 saturated heterocycles. The van der Waals surface area contributed by atoms with Crippen molar-refractivity contribution >= 4 is 6.16 Å². The number of carbonyl (C=O) groups excluding carboxylic acids is 1. The summed E-state index contributed by atoms with van der Waals surface area (Å²) in [7, 11) is 1.59. The molecule has 0 amide bonds. The molecule has 0 fully saturated rings. The second-order valence-electron chi connectivity index (χ2n) is 3.97. The molecule has 132 valence electrons. The first kappa shape index (κ1) is 21.1. The number of hydrogen-bond acceptors (Lipinski definition) is 8. The van der Waals surface area contributed by atoms with Gasteiger partial charge in [0.15, 0.2) is 0 Å². The molecule has 22 heavy (non-hydrogen) atoms. The highest BCUT2D eigenvalue weighted by Gasteiger charge is 2.03. The Morgan fingerprint density at radius 3 is 1.50 bits per heavy atom. The van der Waals surface area contributed by atoms with E-state index in [2.05, 4.69) is 0 Å². The van der Waals surface area contributed by atoms with E-state index in [0.717, 1.165) is 0 Å².